The number of carbonyl (C=O) groups excluding carboxylic acids is 2. The van der Waals surface area contributed by atoms with Gasteiger partial charge < -0.3 is 10.6 Å². The Hall–Kier alpha value is -1.10. The Morgan fingerprint density at radius 3 is 2.48 bits per heavy atom. The van der Waals surface area contributed by atoms with E-state index in [0.717, 1.165) is 51.2 Å². The Balaban J connectivity index is 1.36. The van der Waals surface area contributed by atoms with Crippen LogP contribution in [0, 0.1) is 17.8 Å². The highest BCUT2D eigenvalue weighted by atomic mass is 16.2. The Morgan fingerprint density at radius 2 is 1.87 bits per heavy atom. The number of piperidine rings is 1. The van der Waals surface area contributed by atoms with E-state index in [-0.39, 0.29) is 11.8 Å². The number of hydrogen-bond acceptors (Lipinski definition) is 3. The van der Waals surface area contributed by atoms with Crippen LogP contribution in [0.4, 0.5) is 0 Å². The van der Waals surface area contributed by atoms with Crippen molar-refractivity contribution in [3.05, 3.63) is 0 Å². The van der Waals surface area contributed by atoms with Crippen LogP contribution < -0.4 is 10.6 Å². The molecule has 2 N–H and O–H groups in total. The van der Waals surface area contributed by atoms with Crippen LogP contribution in [-0.4, -0.2) is 48.9 Å². The van der Waals surface area contributed by atoms with E-state index in [4.69, 9.17) is 0 Å². The molecule has 2 amide bonds. The molecule has 23 heavy (non-hydrogen) atoms. The summed E-state index contributed by atoms with van der Waals surface area (Å²) in [5.41, 5.74) is 0. The van der Waals surface area contributed by atoms with Crippen LogP contribution in [0.25, 0.3) is 0 Å². The quantitative estimate of drug-likeness (QED) is 0.780. The topological polar surface area (TPSA) is 61.4 Å². The highest BCUT2D eigenvalue weighted by molar-refractivity contribution is 5.80. The van der Waals surface area contributed by atoms with E-state index in [1.54, 1.807) is 0 Å². The highest BCUT2D eigenvalue weighted by Crippen LogP contribution is 2.48. The third-order valence-electron chi connectivity index (χ3n) is 5.95. The molecule has 3 aliphatic rings. The maximum atomic E-state index is 12.5. The lowest BCUT2D eigenvalue weighted by Gasteiger charge is -2.33. The Labute approximate surface area is 139 Å². The molecule has 130 valence electrons. The van der Waals surface area contributed by atoms with E-state index in [0.29, 0.717) is 24.4 Å². The average Bonchev–Trinajstić information content (AvgIpc) is 3.18. The van der Waals surface area contributed by atoms with Gasteiger partial charge in [0.05, 0.1) is 6.54 Å². The first-order chi connectivity index (χ1) is 11.2. The predicted molar refractivity (Wildman–Crippen MR) is 89.8 cm³/mol. The Kier molecular flexibility index (Phi) is 5.57. The van der Waals surface area contributed by atoms with Gasteiger partial charge in [0, 0.05) is 31.6 Å². The molecule has 5 heteroatoms. The molecule has 3 atom stereocenters. The number of nitrogens with one attached hydrogen (secondary N) is 2. The van der Waals surface area contributed by atoms with Crippen LogP contribution in [0.2, 0.25) is 0 Å². The van der Waals surface area contributed by atoms with Gasteiger partial charge in [-0.05, 0) is 50.4 Å². The zero-order valence-electron chi connectivity index (χ0n) is 14.4. The molecule has 3 rings (SSSR count). The van der Waals surface area contributed by atoms with Gasteiger partial charge in [-0.3, -0.25) is 14.5 Å². The molecule has 0 unspecified atom stereocenters. The van der Waals surface area contributed by atoms with Crippen molar-refractivity contribution in [2.45, 2.75) is 57.9 Å². The monoisotopic (exact) mass is 321 g/mol. The molecule has 2 bridgehead atoms. The summed E-state index contributed by atoms with van der Waals surface area (Å²) in [7, 11) is 0. The van der Waals surface area contributed by atoms with Crippen molar-refractivity contribution in [1.29, 1.82) is 0 Å². The number of fused-ring (bicyclic) bond motifs is 2. The maximum absolute atomic E-state index is 12.5. The zero-order valence-corrected chi connectivity index (χ0v) is 14.4. The summed E-state index contributed by atoms with van der Waals surface area (Å²) < 4.78 is 0. The second-order valence-electron chi connectivity index (χ2n) is 7.69. The number of amides is 2. The number of carbonyl (C=O) groups is 2. The molecule has 1 heterocycles. The second-order valence-corrected chi connectivity index (χ2v) is 7.69. The van der Waals surface area contributed by atoms with Crippen molar-refractivity contribution in [3.63, 3.8) is 0 Å². The highest BCUT2D eigenvalue weighted by Gasteiger charge is 2.43. The third-order valence-corrected chi connectivity index (χ3v) is 5.95. The summed E-state index contributed by atoms with van der Waals surface area (Å²) in [4.78, 5) is 26.4. The van der Waals surface area contributed by atoms with Crippen LogP contribution in [0.15, 0.2) is 0 Å². The number of nitrogens with zero attached hydrogens (tertiary/aromatic N) is 1. The molecule has 2 saturated carbocycles. The lowest BCUT2D eigenvalue weighted by atomic mass is 9.87. The summed E-state index contributed by atoms with van der Waals surface area (Å²) >= 11 is 0. The molecule has 0 aromatic carbocycles. The molecule has 0 radical (unpaired) electrons. The zero-order chi connectivity index (χ0) is 16.2. The molecule has 0 aromatic rings. The molecule has 0 spiro atoms. The predicted octanol–water partition coefficient (Wildman–Crippen LogP) is 1.53. The van der Waals surface area contributed by atoms with Gasteiger partial charge in [-0.2, -0.15) is 0 Å². The lowest BCUT2D eigenvalue weighted by Crippen LogP contribution is -2.49. The summed E-state index contributed by atoms with van der Waals surface area (Å²) in [6, 6.07) is 0.302. The summed E-state index contributed by atoms with van der Waals surface area (Å²) in [5.74, 6) is 2.18. The second kappa shape index (κ2) is 7.65. The number of likely N-dealkylation sites (tertiary alicyclic amines) is 1. The standard InChI is InChI=1S/C18H31N3O2/c1-2-7-19-17(22)12-21-8-5-15(6-9-21)20-18(23)16-11-13-3-4-14(16)10-13/h13-16H,2-12H2,1H3,(H,19,22)(H,20,23)/t13-,14-,16+/m0/s1. The van der Waals surface area contributed by atoms with Crippen molar-refractivity contribution in [2.24, 2.45) is 17.8 Å². The largest absolute Gasteiger partial charge is 0.355 e. The van der Waals surface area contributed by atoms with Crippen LogP contribution in [0.5, 0.6) is 0 Å². The van der Waals surface area contributed by atoms with Crippen molar-refractivity contribution in [3.8, 4) is 0 Å². The van der Waals surface area contributed by atoms with Crippen molar-refractivity contribution >= 4 is 11.8 Å². The minimum absolute atomic E-state index is 0.122. The molecule has 3 fully saturated rings. The van der Waals surface area contributed by atoms with E-state index in [1.807, 2.05) is 0 Å². The minimum atomic E-state index is 0.122. The molecular formula is C18H31N3O2. The number of rotatable bonds is 6. The Morgan fingerprint density at radius 1 is 1.09 bits per heavy atom. The van der Waals surface area contributed by atoms with Crippen LogP contribution in [0.3, 0.4) is 0 Å². The summed E-state index contributed by atoms with van der Waals surface area (Å²) in [5, 5.41) is 6.21. The van der Waals surface area contributed by atoms with Crippen LogP contribution in [0.1, 0.15) is 51.9 Å². The van der Waals surface area contributed by atoms with Gasteiger partial charge in [0.1, 0.15) is 0 Å². The van der Waals surface area contributed by atoms with Gasteiger partial charge in [0.15, 0.2) is 0 Å². The van der Waals surface area contributed by atoms with Gasteiger partial charge in [0.25, 0.3) is 0 Å². The molecule has 0 aromatic heterocycles. The lowest BCUT2D eigenvalue weighted by molar-refractivity contribution is -0.128. The van der Waals surface area contributed by atoms with E-state index < -0.39 is 0 Å². The first-order valence-corrected chi connectivity index (χ1v) is 9.45. The summed E-state index contributed by atoms with van der Waals surface area (Å²) in [6.45, 7) is 5.12. The van der Waals surface area contributed by atoms with Crippen LogP contribution in [-0.2, 0) is 9.59 Å². The maximum Gasteiger partial charge on any atom is 0.234 e. The molecule has 5 nitrogen and oxygen atoms in total. The first-order valence-electron chi connectivity index (χ1n) is 9.45. The van der Waals surface area contributed by atoms with E-state index in [9.17, 15) is 9.59 Å². The number of hydrogen-bond donors (Lipinski definition) is 2. The van der Waals surface area contributed by atoms with Gasteiger partial charge >= 0.3 is 0 Å². The van der Waals surface area contributed by atoms with Gasteiger partial charge in [-0.1, -0.05) is 13.3 Å². The smallest absolute Gasteiger partial charge is 0.234 e. The third kappa shape index (κ3) is 4.25. The van der Waals surface area contributed by atoms with Gasteiger partial charge in [0.2, 0.25) is 11.8 Å². The normalized spacial score (nSPS) is 31.3. The van der Waals surface area contributed by atoms with Crippen molar-refractivity contribution < 1.29 is 9.59 Å². The van der Waals surface area contributed by atoms with E-state index in [2.05, 4.69) is 22.5 Å². The summed E-state index contributed by atoms with van der Waals surface area (Å²) in [6.07, 6.45) is 7.90. The average molecular weight is 321 g/mol. The van der Waals surface area contributed by atoms with Crippen LogP contribution >= 0.6 is 0 Å². The molecule has 1 saturated heterocycles. The van der Waals surface area contributed by atoms with Gasteiger partial charge in [-0.15, -0.1) is 0 Å². The SMILES string of the molecule is CCCNC(=O)CN1CCC(NC(=O)[C@@H]2C[C@H]3CC[C@H]2C3)CC1. The fourth-order valence-electron chi connectivity index (χ4n) is 4.63. The minimum Gasteiger partial charge on any atom is -0.355 e. The van der Waals surface area contributed by atoms with Crippen molar-refractivity contribution in [2.75, 3.05) is 26.2 Å². The van der Waals surface area contributed by atoms with E-state index >= 15 is 0 Å². The Bertz CT molecular complexity index is 432. The first kappa shape index (κ1) is 16.7. The van der Waals surface area contributed by atoms with Crippen molar-refractivity contribution in [1.82, 2.24) is 15.5 Å². The van der Waals surface area contributed by atoms with Gasteiger partial charge in [-0.25, -0.2) is 0 Å². The molecule has 1 aliphatic heterocycles. The fraction of sp³-hybridized carbons (Fsp3) is 0.889. The molecule has 2 aliphatic carbocycles. The fourth-order valence-corrected chi connectivity index (χ4v) is 4.63. The van der Waals surface area contributed by atoms with E-state index in [1.165, 1.54) is 19.3 Å². The molecular weight excluding hydrogens is 290 g/mol.